The van der Waals surface area contributed by atoms with Crippen LogP contribution >= 0.6 is 0 Å². The molecule has 0 fully saturated rings. The molecule has 1 aromatic carbocycles. The standard InChI is InChI=1S/C19H22N2O/c1-15-7-2-5-10-19(15)22-12-6-11-21-14-16(13-20)17-8-3-4-9-18(17)21/h3-4,7-10,13-14,20H,2,5-6,11-12H2,1H3. The third-order valence-electron chi connectivity index (χ3n) is 4.11. The van der Waals surface area contributed by atoms with E-state index in [2.05, 4.69) is 42.0 Å². The molecule has 0 saturated heterocycles. The minimum absolute atomic E-state index is 0.726. The monoisotopic (exact) mass is 294 g/mol. The highest BCUT2D eigenvalue weighted by Crippen LogP contribution is 2.21. The maximum atomic E-state index is 7.53. The molecule has 0 bridgehead atoms. The summed E-state index contributed by atoms with van der Waals surface area (Å²) in [7, 11) is 0. The summed E-state index contributed by atoms with van der Waals surface area (Å²) < 4.78 is 8.12. The van der Waals surface area contributed by atoms with Crippen molar-refractivity contribution in [3.63, 3.8) is 0 Å². The summed E-state index contributed by atoms with van der Waals surface area (Å²) in [5.74, 6) is 1.05. The number of benzene rings is 1. The van der Waals surface area contributed by atoms with E-state index in [1.54, 1.807) is 0 Å². The van der Waals surface area contributed by atoms with E-state index in [-0.39, 0.29) is 0 Å². The summed E-state index contributed by atoms with van der Waals surface area (Å²) in [6, 6.07) is 8.25. The lowest BCUT2D eigenvalue weighted by atomic mass is 10.1. The number of nitrogens with zero attached hydrogens (tertiary/aromatic N) is 1. The van der Waals surface area contributed by atoms with Gasteiger partial charge in [-0.3, -0.25) is 0 Å². The highest BCUT2D eigenvalue weighted by molar-refractivity contribution is 5.98. The van der Waals surface area contributed by atoms with E-state index >= 15 is 0 Å². The molecule has 1 heterocycles. The first kappa shape index (κ1) is 14.6. The van der Waals surface area contributed by atoms with Crippen molar-refractivity contribution in [1.82, 2.24) is 4.57 Å². The van der Waals surface area contributed by atoms with Gasteiger partial charge >= 0.3 is 0 Å². The zero-order valence-electron chi connectivity index (χ0n) is 13.0. The van der Waals surface area contributed by atoms with E-state index < -0.39 is 0 Å². The number of aryl methyl sites for hydroxylation is 1. The van der Waals surface area contributed by atoms with Gasteiger partial charge in [0.15, 0.2) is 0 Å². The lowest BCUT2D eigenvalue weighted by molar-refractivity contribution is 0.209. The van der Waals surface area contributed by atoms with Crippen molar-refractivity contribution in [2.24, 2.45) is 0 Å². The van der Waals surface area contributed by atoms with Gasteiger partial charge in [0, 0.05) is 35.4 Å². The number of fused-ring (bicyclic) bond motifs is 1. The maximum absolute atomic E-state index is 7.53. The molecule has 3 heteroatoms. The van der Waals surface area contributed by atoms with E-state index in [1.165, 1.54) is 17.3 Å². The number of nitrogens with one attached hydrogen (secondary N) is 1. The van der Waals surface area contributed by atoms with Crippen LogP contribution in [-0.2, 0) is 11.3 Å². The second kappa shape index (κ2) is 6.65. The SMILES string of the molecule is CC1=CCCC=C1OCCCn1cc(C=N)c2ccccc21. The van der Waals surface area contributed by atoms with Crippen LogP contribution in [0.5, 0.6) is 0 Å². The summed E-state index contributed by atoms with van der Waals surface area (Å²) in [4.78, 5) is 0. The fourth-order valence-corrected chi connectivity index (χ4v) is 2.94. The molecule has 114 valence electrons. The smallest absolute Gasteiger partial charge is 0.117 e. The Labute approximate surface area is 131 Å². The molecule has 0 saturated carbocycles. The Hall–Kier alpha value is -2.29. The average molecular weight is 294 g/mol. The molecule has 3 nitrogen and oxygen atoms in total. The minimum atomic E-state index is 0.726. The van der Waals surface area contributed by atoms with Gasteiger partial charge in [-0.2, -0.15) is 0 Å². The van der Waals surface area contributed by atoms with Crippen LogP contribution in [0.1, 0.15) is 31.7 Å². The van der Waals surface area contributed by atoms with Crippen molar-refractivity contribution < 1.29 is 4.74 Å². The number of ether oxygens (including phenoxy) is 1. The Bertz CT molecular complexity index is 737. The van der Waals surface area contributed by atoms with Gasteiger partial charge in [-0.15, -0.1) is 0 Å². The zero-order chi connectivity index (χ0) is 15.4. The predicted octanol–water partition coefficient (Wildman–Crippen LogP) is 4.67. The van der Waals surface area contributed by atoms with Crippen LogP contribution in [0.15, 0.2) is 53.9 Å². The first-order chi connectivity index (χ1) is 10.8. The molecule has 2 aromatic rings. The fraction of sp³-hybridized carbons (Fsp3) is 0.316. The molecule has 0 radical (unpaired) electrons. The van der Waals surface area contributed by atoms with Gasteiger partial charge in [0.05, 0.1) is 6.61 Å². The third-order valence-corrected chi connectivity index (χ3v) is 4.11. The number of allylic oxidation sites excluding steroid dienone is 3. The largest absolute Gasteiger partial charge is 0.494 e. The molecular weight excluding hydrogens is 272 g/mol. The first-order valence-electron chi connectivity index (χ1n) is 7.88. The van der Waals surface area contributed by atoms with Gasteiger partial charge in [-0.05, 0) is 43.9 Å². The number of para-hydroxylation sites is 1. The molecule has 0 aliphatic heterocycles. The molecule has 1 aliphatic carbocycles. The van der Waals surface area contributed by atoms with E-state index in [0.717, 1.165) is 49.1 Å². The van der Waals surface area contributed by atoms with Crippen LogP contribution in [0.4, 0.5) is 0 Å². The molecule has 1 aliphatic rings. The Kier molecular flexibility index (Phi) is 4.42. The highest BCUT2D eigenvalue weighted by atomic mass is 16.5. The van der Waals surface area contributed by atoms with Crippen LogP contribution in [-0.4, -0.2) is 17.4 Å². The Morgan fingerprint density at radius 3 is 2.86 bits per heavy atom. The molecule has 0 spiro atoms. The third kappa shape index (κ3) is 2.98. The highest BCUT2D eigenvalue weighted by Gasteiger charge is 2.07. The minimum Gasteiger partial charge on any atom is -0.494 e. The number of hydrogen-bond donors (Lipinski definition) is 1. The van der Waals surface area contributed by atoms with Crippen LogP contribution in [0.3, 0.4) is 0 Å². The quantitative estimate of drug-likeness (QED) is 0.610. The van der Waals surface area contributed by atoms with Crippen molar-refractivity contribution in [3.8, 4) is 0 Å². The molecule has 0 unspecified atom stereocenters. The average Bonchev–Trinajstić information content (AvgIpc) is 2.91. The van der Waals surface area contributed by atoms with Crippen LogP contribution in [0.2, 0.25) is 0 Å². The Balaban J connectivity index is 1.61. The van der Waals surface area contributed by atoms with Gasteiger partial charge in [-0.1, -0.05) is 24.3 Å². The zero-order valence-corrected chi connectivity index (χ0v) is 13.0. The predicted molar refractivity (Wildman–Crippen MR) is 91.5 cm³/mol. The van der Waals surface area contributed by atoms with Crippen molar-refractivity contribution in [1.29, 1.82) is 5.41 Å². The maximum Gasteiger partial charge on any atom is 0.117 e. The van der Waals surface area contributed by atoms with E-state index in [0.29, 0.717) is 0 Å². The van der Waals surface area contributed by atoms with Gasteiger partial charge in [-0.25, -0.2) is 0 Å². The molecular formula is C19H22N2O. The van der Waals surface area contributed by atoms with Crippen molar-refractivity contribution in [2.45, 2.75) is 32.7 Å². The van der Waals surface area contributed by atoms with Crippen molar-refractivity contribution in [3.05, 3.63) is 59.5 Å². The summed E-state index contributed by atoms with van der Waals surface area (Å²) in [6.45, 7) is 3.74. The van der Waals surface area contributed by atoms with Gasteiger partial charge in [0.2, 0.25) is 0 Å². The van der Waals surface area contributed by atoms with Crippen LogP contribution < -0.4 is 0 Å². The molecule has 1 N–H and O–H groups in total. The van der Waals surface area contributed by atoms with Crippen LogP contribution in [0, 0.1) is 5.41 Å². The number of rotatable bonds is 6. The normalized spacial score (nSPS) is 14.6. The van der Waals surface area contributed by atoms with Gasteiger partial charge in [0.25, 0.3) is 0 Å². The summed E-state index contributed by atoms with van der Waals surface area (Å²) in [5.41, 5.74) is 3.42. The van der Waals surface area contributed by atoms with Gasteiger partial charge in [0.1, 0.15) is 5.76 Å². The van der Waals surface area contributed by atoms with Crippen molar-refractivity contribution in [2.75, 3.05) is 6.61 Å². The molecule has 0 atom stereocenters. The Morgan fingerprint density at radius 1 is 1.23 bits per heavy atom. The summed E-state index contributed by atoms with van der Waals surface area (Å²) in [5, 5.41) is 8.68. The second-order valence-electron chi connectivity index (χ2n) is 5.67. The molecule has 3 rings (SSSR count). The lowest BCUT2D eigenvalue weighted by Crippen LogP contribution is -2.04. The number of aromatic nitrogens is 1. The summed E-state index contributed by atoms with van der Waals surface area (Å²) >= 11 is 0. The first-order valence-corrected chi connectivity index (χ1v) is 7.88. The lowest BCUT2D eigenvalue weighted by Gasteiger charge is -2.14. The second-order valence-corrected chi connectivity index (χ2v) is 5.67. The molecule has 22 heavy (non-hydrogen) atoms. The van der Waals surface area contributed by atoms with Gasteiger partial charge < -0.3 is 14.7 Å². The summed E-state index contributed by atoms with van der Waals surface area (Å²) in [6.07, 6.45) is 11.1. The Morgan fingerprint density at radius 2 is 2.05 bits per heavy atom. The molecule has 1 aromatic heterocycles. The van der Waals surface area contributed by atoms with E-state index in [4.69, 9.17) is 10.1 Å². The van der Waals surface area contributed by atoms with E-state index in [9.17, 15) is 0 Å². The van der Waals surface area contributed by atoms with E-state index in [1.807, 2.05) is 12.1 Å². The number of hydrogen-bond acceptors (Lipinski definition) is 2. The van der Waals surface area contributed by atoms with Crippen molar-refractivity contribution >= 4 is 17.1 Å². The topological polar surface area (TPSA) is 38.0 Å². The van der Waals surface area contributed by atoms with Crippen LogP contribution in [0.25, 0.3) is 10.9 Å². The fourth-order valence-electron chi connectivity index (χ4n) is 2.94. The molecule has 0 amide bonds.